The molecule has 0 bridgehead atoms. The van der Waals surface area contributed by atoms with E-state index >= 15 is 0 Å². The Labute approximate surface area is 162 Å². The van der Waals surface area contributed by atoms with Crippen LogP contribution in [0, 0.1) is 0 Å². The number of rotatable bonds is 4. The molecule has 0 aliphatic rings. The predicted octanol–water partition coefficient (Wildman–Crippen LogP) is 3.79. The van der Waals surface area contributed by atoms with Gasteiger partial charge in [-0.2, -0.15) is 13.2 Å². The van der Waals surface area contributed by atoms with Crippen LogP contribution in [0.4, 0.5) is 13.2 Å². The summed E-state index contributed by atoms with van der Waals surface area (Å²) in [6.07, 6.45) is -4.80. The maximum Gasteiger partial charge on any atom is 0.431 e. The van der Waals surface area contributed by atoms with Crippen molar-refractivity contribution >= 4 is 11.6 Å². The number of ether oxygens (including phenoxy) is 1. The van der Waals surface area contributed by atoms with Gasteiger partial charge in [-0.15, -0.1) is 0 Å². The highest BCUT2D eigenvalue weighted by Crippen LogP contribution is 2.27. The van der Waals surface area contributed by atoms with Gasteiger partial charge in [0.25, 0.3) is 5.56 Å². The molecule has 9 heteroatoms. The van der Waals surface area contributed by atoms with E-state index in [1.54, 1.807) is 18.2 Å². The molecule has 3 rings (SSSR count). The van der Waals surface area contributed by atoms with Crippen LogP contribution >= 0.6 is 11.6 Å². The molecule has 1 aromatic heterocycles. The molecule has 0 N–H and O–H groups in total. The molecule has 0 aliphatic heterocycles. The highest BCUT2D eigenvalue weighted by atomic mass is 35.5. The van der Waals surface area contributed by atoms with Crippen LogP contribution in [0.3, 0.4) is 0 Å². The van der Waals surface area contributed by atoms with Crippen LogP contribution in [0.25, 0.3) is 5.69 Å². The average Bonchev–Trinajstić information content (AvgIpc) is 2.63. The first-order valence-electron chi connectivity index (χ1n) is 8.05. The van der Waals surface area contributed by atoms with E-state index in [-0.39, 0.29) is 12.3 Å². The second kappa shape index (κ2) is 7.55. The normalized spacial score (nSPS) is 11.5. The summed E-state index contributed by atoms with van der Waals surface area (Å²) < 4.78 is 45.4. The smallest absolute Gasteiger partial charge is 0.431 e. The summed E-state index contributed by atoms with van der Waals surface area (Å²) in [6.45, 7) is 0.252. The molecule has 28 heavy (non-hydrogen) atoms. The topological polar surface area (TPSA) is 53.2 Å². The fourth-order valence-electron chi connectivity index (χ4n) is 2.62. The van der Waals surface area contributed by atoms with E-state index in [0.29, 0.717) is 26.0 Å². The van der Waals surface area contributed by atoms with Crippen LogP contribution in [0.1, 0.15) is 11.3 Å². The second-order valence-electron chi connectivity index (χ2n) is 5.96. The van der Waals surface area contributed by atoms with Crippen LogP contribution in [0.2, 0.25) is 5.02 Å². The fourth-order valence-corrected chi connectivity index (χ4v) is 2.83. The van der Waals surface area contributed by atoms with Crippen molar-refractivity contribution in [2.45, 2.75) is 12.8 Å². The predicted molar refractivity (Wildman–Crippen MR) is 98.1 cm³/mol. The van der Waals surface area contributed by atoms with E-state index < -0.39 is 23.1 Å². The highest BCUT2D eigenvalue weighted by molar-refractivity contribution is 6.30. The first kappa shape index (κ1) is 19.8. The van der Waals surface area contributed by atoms with Gasteiger partial charge >= 0.3 is 11.9 Å². The number of hydrogen-bond acceptors (Lipinski definition) is 3. The van der Waals surface area contributed by atoms with Crippen molar-refractivity contribution in [2.75, 3.05) is 0 Å². The minimum atomic E-state index is -4.80. The van der Waals surface area contributed by atoms with Crippen molar-refractivity contribution in [3.8, 4) is 11.4 Å². The highest BCUT2D eigenvalue weighted by Gasteiger charge is 2.35. The molecule has 0 amide bonds. The fraction of sp³-hybridized carbons (Fsp3) is 0.158. The number of nitrogens with zero attached hydrogens (tertiary/aromatic N) is 2. The molecule has 0 unspecified atom stereocenters. The Morgan fingerprint density at radius 1 is 1.04 bits per heavy atom. The lowest BCUT2D eigenvalue weighted by molar-refractivity contribution is -0.144. The zero-order chi connectivity index (χ0) is 20.5. The quantitative estimate of drug-likeness (QED) is 0.657. The molecule has 0 saturated heterocycles. The van der Waals surface area contributed by atoms with Crippen molar-refractivity contribution in [3.05, 3.63) is 91.7 Å². The minimum absolute atomic E-state index is 0.134. The van der Waals surface area contributed by atoms with Gasteiger partial charge in [-0.05, 0) is 42.0 Å². The Hall–Kier alpha value is -3.00. The summed E-state index contributed by atoms with van der Waals surface area (Å²) >= 11 is 5.91. The SMILES string of the molecule is Cn1c(C(F)(F)F)cc(=O)n(-c2ccc(OCc3cccc(Cl)c3)cc2)c1=O. The summed E-state index contributed by atoms with van der Waals surface area (Å²) in [5.41, 5.74) is -2.48. The van der Waals surface area contributed by atoms with Crippen molar-refractivity contribution in [2.24, 2.45) is 7.05 Å². The van der Waals surface area contributed by atoms with Crippen molar-refractivity contribution in [3.63, 3.8) is 0 Å². The molecule has 5 nitrogen and oxygen atoms in total. The summed E-state index contributed by atoms with van der Waals surface area (Å²) in [5.74, 6) is 0.459. The van der Waals surface area contributed by atoms with Crippen LogP contribution in [0.5, 0.6) is 5.75 Å². The molecule has 1 heterocycles. The summed E-state index contributed by atoms with van der Waals surface area (Å²) in [7, 11) is 0.962. The standard InChI is InChI=1S/C19H14ClF3N2O3/c1-24-16(19(21,22)23)10-17(26)25(18(24)27)14-5-7-15(8-6-14)28-11-12-3-2-4-13(20)9-12/h2-10H,11H2,1H3. The van der Waals surface area contributed by atoms with Gasteiger partial charge in [0.05, 0.1) is 5.69 Å². The second-order valence-corrected chi connectivity index (χ2v) is 6.39. The van der Waals surface area contributed by atoms with Gasteiger partial charge in [-0.3, -0.25) is 9.36 Å². The first-order valence-corrected chi connectivity index (χ1v) is 8.42. The molecule has 0 atom stereocenters. The molecule has 0 spiro atoms. The Morgan fingerprint density at radius 3 is 2.32 bits per heavy atom. The van der Waals surface area contributed by atoms with Gasteiger partial charge in [0.2, 0.25) is 0 Å². The molecule has 3 aromatic rings. The van der Waals surface area contributed by atoms with Crippen LogP contribution in [-0.2, 0) is 19.8 Å². The van der Waals surface area contributed by atoms with E-state index in [4.69, 9.17) is 16.3 Å². The molecular formula is C19H14ClF3N2O3. The van der Waals surface area contributed by atoms with E-state index in [0.717, 1.165) is 12.6 Å². The lowest BCUT2D eigenvalue weighted by Gasteiger charge is -2.14. The van der Waals surface area contributed by atoms with Crippen LogP contribution in [0.15, 0.2) is 64.2 Å². The summed E-state index contributed by atoms with van der Waals surface area (Å²) in [5, 5.41) is 0.578. The Kier molecular flexibility index (Phi) is 5.33. The number of alkyl halides is 3. The first-order chi connectivity index (χ1) is 13.2. The maximum absolute atomic E-state index is 12.9. The molecule has 2 aromatic carbocycles. The third-order valence-corrected chi connectivity index (χ3v) is 4.24. The lowest BCUT2D eigenvalue weighted by Crippen LogP contribution is -2.40. The van der Waals surface area contributed by atoms with Crippen LogP contribution < -0.4 is 16.0 Å². The molecular weight excluding hydrogens is 397 g/mol. The Morgan fingerprint density at radius 2 is 1.71 bits per heavy atom. The van der Waals surface area contributed by atoms with E-state index in [9.17, 15) is 22.8 Å². The summed E-state index contributed by atoms with van der Waals surface area (Å²) in [6, 6.07) is 13.4. The monoisotopic (exact) mass is 410 g/mol. The maximum atomic E-state index is 12.9. The van der Waals surface area contributed by atoms with E-state index in [2.05, 4.69) is 0 Å². The van der Waals surface area contributed by atoms with Crippen molar-refractivity contribution in [1.29, 1.82) is 0 Å². The number of aromatic nitrogens is 2. The minimum Gasteiger partial charge on any atom is -0.489 e. The van der Waals surface area contributed by atoms with Gasteiger partial charge < -0.3 is 4.74 Å². The summed E-state index contributed by atoms with van der Waals surface area (Å²) in [4.78, 5) is 24.4. The third kappa shape index (κ3) is 4.12. The van der Waals surface area contributed by atoms with Gasteiger partial charge in [0.1, 0.15) is 18.1 Å². The van der Waals surface area contributed by atoms with Gasteiger partial charge in [-0.25, -0.2) is 9.36 Å². The largest absolute Gasteiger partial charge is 0.489 e. The van der Waals surface area contributed by atoms with Crippen molar-refractivity contribution < 1.29 is 17.9 Å². The molecule has 0 aliphatic carbocycles. The zero-order valence-corrected chi connectivity index (χ0v) is 15.3. The molecule has 0 fully saturated rings. The Bertz CT molecular complexity index is 1120. The van der Waals surface area contributed by atoms with Gasteiger partial charge in [-0.1, -0.05) is 23.7 Å². The van der Waals surface area contributed by atoms with Crippen LogP contribution in [-0.4, -0.2) is 9.13 Å². The number of benzene rings is 2. The number of hydrogen-bond donors (Lipinski definition) is 0. The Balaban J connectivity index is 1.87. The zero-order valence-electron chi connectivity index (χ0n) is 14.5. The van der Waals surface area contributed by atoms with E-state index in [1.807, 2.05) is 6.07 Å². The molecule has 0 saturated carbocycles. The molecule has 0 radical (unpaired) electrons. The average molecular weight is 411 g/mol. The molecule has 146 valence electrons. The van der Waals surface area contributed by atoms with Gasteiger partial charge in [0.15, 0.2) is 0 Å². The van der Waals surface area contributed by atoms with Gasteiger partial charge in [0, 0.05) is 18.1 Å². The van der Waals surface area contributed by atoms with Crippen molar-refractivity contribution in [1.82, 2.24) is 9.13 Å². The van der Waals surface area contributed by atoms with E-state index in [1.165, 1.54) is 24.3 Å². The number of halogens is 4. The lowest BCUT2D eigenvalue weighted by atomic mass is 10.2. The third-order valence-electron chi connectivity index (χ3n) is 4.00.